The van der Waals surface area contributed by atoms with Crippen molar-refractivity contribution in [2.75, 3.05) is 15.1 Å². The highest BCUT2D eigenvalue weighted by atomic mass is 15.2. The van der Waals surface area contributed by atoms with Gasteiger partial charge in [-0.25, -0.2) is 0 Å². The fourth-order valence-corrected chi connectivity index (χ4v) is 13.6. The number of hydrogen-bond donors (Lipinski definition) is 1. The highest BCUT2D eigenvalue weighted by molar-refractivity contribution is 6.73. The van der Waals surface area contributed by atoms with Gasteiger partial charge in [0, 0.05) is 61.9 Å². The smallest absolute Gasteiger partial charge is 0.198 e. The van der Waals surface area contributed by atoms with E-state index in [0.29, 0.717) is 0 Å². The number of nitrogens with one attached hydrogen (secondary N) is 1. The van der Waals surface area contributed by atoms with Gasteiger partial charge in [0.15, 0.2) is 7.28 Å². The van der Waals surface area contributed by atoms with Crippen LogP contribution in [-0.4, -0.2) is 7.28 Å². The predicted octanol–water partition coefficient (Wildman–Crippen LogP) is 18.7. The van der Waals surface area contributed by atoms with Crippen LogP contribution < -0.4 is 26.0 Å². The van der Waals surface area contributed by atoms with Crippen LogP contribution in [0.2, 0.25) is 0 Å². The van der Waals surface area contributed by atoms with Crippen molar-refractivity contribution in [1.29, 1.82) is 0 Å². The molecular formula is C75H70BN3. The van der Waals surface area contributed by atoms with Crippen molar-refractivity contribution in [2.45, 2.75) is 96.8 Å². The molecule has 1 heterocycles. The van der Waals surface area contributed by atoms with Crippen LogP contribution in [0.3, 0.4) is 0 Å². The Labute approximate surface area is 469 Å². The lowest BCUT2D eigenvalue weighted by atomic mass is 9.57. The Kier molecular flexibility index (Phi) is 12.0. The van der Waals surface area contributed by atoms with Crippen LogP contribution in [0.4, 0.5) is 45.5 Å². The summed E-state index contributed by atoms with van der Waals surface area (Å²) in [5.41, 5.74) is 28.3. The molecule has 0 spiro atoms. The molecule has 13 rings (SSSR count). The number of nitrogens with zero attached hydrogens (tertiary/aromatic N) is 2. The molecule has 10 aromatic rings. The topological polar surface area (TPSA) is 18.5 Å². The molecule has 0 amide bonds. The number of anilines is 8. The van der Waals surface area contributed by atoms with Crippen molar-refractivity contribution in [3.63, 3.8) is 0 Å². The van der Waals surface area contributed by atoms with E-state index in [9.17, 15) is 0 Å². The van der Waals surface area contributed by atoms with Crippen LogP contribution >= 0.6 is 0 Å². The van der Waals surface area contributed by atoms with Crippen molar-refractivity contribution in [2.24, 2.45) is 0 Å². The zero-order valence-electron chi connectivity index (χ0n) is 47.4. The Balaban J connectivity index is 1.09. The zero-order chi connectivity index (χ0) is 54.4. The maximum Gasteiger partial charge on any atom is 0.198 e. The van der Waals surface area contributed by atoms with Gasteiger partial charge in [0.25, 0.3) is 0 Å². The SMILES string of the molecule is Cc1cc2c(cc1N1c3cc(N(c4ccccc4)c4ccccc4)ccc3Bc3c(-c4cc5c(cc4Nc4ccc(-c6ccccc6)cc4)C(C)(C)c4ccccc4C5(C)C)cc(-c4ccccc4)cc31)C(C)(C)CCC2(C)C. The molecule has 0 aromatic heterocycles. The molecule has 0 unspecified atom stereocenters. The summed E-state index contributed by atoms with van der Waals surface area (Å²) < 4.78 is 0. The first-order valence-corrected chi connectivity index (χ1v) is 28.5. The van der Waals surface area contributed by atoms with Gasteiger partial charge in [0.1, 0.15) is 0 Å². The molecule has 0 bridgehead atoms. The lowest BCUT2D eigenvalue weighted by Gasteiger charge is -2.45. The van der Waals surface area contributed by atoms with E-state index in [1.165, 1.54) is 100 Å². The van der Waals surface area contributed by atoms with Crippen molar-refractivity contribution in [3.8, 4) is 33.4 Å². The lowest BCUT2D eigenvalue weighted by molar-refractivity contribution is 0.332. The molecule has 2 aliphatic carbocycles. The molecule has 0 atom stereocenters. The van der Waals surface area contributed by atoms with Gasteiger partial charge in [-0.15, -0.1) is 0 Å². The third-order valence-electron chi connectivity index (χ3n) is 18.3. The van der Waals surface area contributed by atoms with Gasteiger partial charge >= 0.3 is 0 Å². The van der Waals surface area contributed by atoms with Crippen LogP contribution in [-0.2, 0) is 21.7 Å². The number of rotatable bonds is 9. The van der Waals surface area contributed by atoms with E-state index >= 15 is 0 Å². The molecule has 79 heavy (non-hydrogen) atoms. The van der Waals surface area contributed by atoms with E-state index in [1.807, 2.05) is 0 Å². The number of hydrogen-bond acceptors (Lipinski definition) is 3. The largest absolute Gasteiger partial charge is 0.355 e. The van der Waals surface area contributed by atoms with Gasteiger partial charge in [0.2, 0.25) is 0 Å². The molecule has 1 aliphatic heterocycles. The predicted molar refractivity (Wildman–Crippen MR) is 339 cm³/mol. The molecule has 388 valence electrons. The summed E-state index contributed by atoms with van der Waals surface area (Å²) >= 11 is 0. The minimum Gasteiger partial charge on any atom is -0.355 e. The molecule has 0 saturated carbocycles. The average molecular weight is 1020 g/mol. The Bertz CT molecular complexity index is 3910. The van der Waals surface area contributed by atoms with Crippen LogP contribution in [0, 0.1) is 6.92 Å². The van der Waals surface area contributed by atoms with Gasteiger partial charge in [-0.05, 0) is 182 Å². The van der Waals surface area contributed by atoms with E-state index in [2.05, 4.69) is 302 Å². The third kappa shape index (κ3) is 8.59. The van der Waals surface area contributed by atoms with E-state index in [0.717, 1.165) is 48.6 Å². The van der Waals surface area contributed by atoms with Crippen molar-refractivity contribution in [3.05, 3.63) is 263 Å². The number of para-hydroxylation sites is 2. The molecule has 4 heteroatoms. The summed E-state index contributed by atoms with van der Waals surface area (Å²) in [5.74, 6) is 0. The van der Waals surface area contributed by atoms with E-state index < -0.39 is 0 Å². The third-order valence-corrected chi connectivity index (χ3v) is 18.3. The molecule has 10 aromatic carbocycles. The molecule has 1 N–H and O–H groups in total. The molecule has 0 saturated heterocycles. The molecule has 0 radical (unpaired) electrons. The molecule has 3 nitrogen and oxygen atoms in total. The Morgan fingerprint density at radius 1 is 0.392 bits per heavy atom. The number of fused-ring (bicyclic) bond motifs is 5. The Hall–Kier alpha value is -8.34. The highest BCUT2D eigenvalue weighted by Gasteiger charge is 2.43. The normalized spacial score (nSPS) is 15.8. The quantitative estimate of drug-likeness (QED) is 0.145. The summed E-state index contributed by atoms with van der Waals surface area (Å²) in [4.78, 5) is 5.07. The fourth-order valence-electron chi connectivity index (χ4n) is 13.6. The fraction of sp³-hybridized carbons (Fsp3) is 0.200. The maximum absolute atomic E-state index is 4.11. The minimum atomic E-state index is -0.262. The first-order valence-electron chi connectivity index (χ1n) is 28.5. The van der Waals surface area contributed by atoms with Gasteiger partial charge in [0.05, 0.1) is 0 Å². The van der Waals surface area contributed by atoms with E-state index in [1.54, 1.807) is 0 Å². The highest BCUT2D eigenvalue weighted by Crippen LogP contribution is 2.54. The summed E-state index contributed by atoms with van der Waals surface area (Å²) in [6, 6.07) is 84.0. The first-order chi connectivity index (χ1) is 38.1. The minimum absolute atomic E-state index is 0.00720. The lowest BCUT2D eigenvalue weighted by Crippen LogP contribution is -2.42. The second-order valence-electron chi connectivity index (χ2n) is 25.0. The van der Waals surface area contributed by atoms with Crippen molar-refractivity contribution >= 4 is 63.7 Å². The number of benzene rings is 10. The molecule has 0 fully saturated rings. The summed E-state index contributed by atoms with van der Waals surface area (Å²) in [7, 11) is 0.755. The summed E-state index contributed by atoms with van der Waals surface area (Å²) in [6.07, 6.45) is 2.30. The second-order valence-corrected chi connectivity index (χ2v) is 25.0. The van der Waals surface area contributed by atoms with Gasteiger partial charge < -0.3 is 15.1 Å². The maximum atomic E-state index is 4.11. The van der Waals surface area contributed by atoms with Gasteiger partial charge in [-0.1, -0.05) is 206 Å². The Morgan fingerprint density at radius 3 is 1.48 bits per heavy atom. The standard InChI is InChI=1S/C75H70BN3/c1-49-42-62-63(73(4,5)41-40-72(62,2)3)48-68(49)79-69-45-57(78(55-28-18-12-19-29-55)56-30-20-13-21-31-56)38-39-66(69)76-71-59(43-53(44-70(71)79)51-26-16-11-17-27-51)58-46-64-65(75(8,9)61-33-23-22-32-60(61)74(64,6)7)47-67(58)77-54-36-34-52(35-37-54)50-24-14-10-15-25-50/h10-39,42-48,76-77H,40-41H2,1-9H3. The summed E-state index contributed by atoms with van der Waals surface area (Å²) in [5, 5.41) is 4.11. The first kappa shape index (κ1) is 50.2. The van der Waals surface area contributed by atoms with Crippen LogP contribution in [0.5, 0.6) is 0 Å². The van der Waals surface area contributed by atoms with Crippen molar-refractivity contribution in [1.82, 2.24) is 0 Å². The van der Waals surface area contributed by atoms with Crippen LogP contribution in [0.1, 0.15) is 107 Å². The van der Waals surface area contributed by atoms with E-state index in [-0.39, 0.29) is 21.7 Å². The zero-order valence-corrected chi connectivity index (χ0v) is 47.4. The summed E-state index contributed by atoms with van der Waals surface area (Å²) in [6.45, 7) is 21.9. The molecular weight excluding hydrogens is 954 g/mol. The monoisotopic (exact) mass is 1020 g/mol. The van der Waals surface area contributed by atoms with E-state index in [4.69, 9.17) is 0 Å². The van der Waals surface area contributed by atoms with Crippen molar-refractivity contribution < 1.29 is 0 Å². The molecule has 3 aliphatic rings. The van der Waals surface area contributed by atoms with Crippen LogP contribution in [0.15, 0.2) is 224 Å². The van der Waals surface area contributed by atoms with Gasteiger partial charge in [-0.2, -0.15) is 0 Å². The van der Waals surface area contributed by atoms with Crippen LogP contribution in [0.25, 0.3) is 33.4 Å². The number of aryl methyl sites for hydroxylation is 1. The van der Waals surface area contributed by atoms with Gasteiger partial charge in [-0.3, -0.25) is 0 Å². The Morgan fingerprint density at radius 2 is 0.899 bits per heavy atom. The second kappa shape index (κ2) is 18.9. The average Bonchev–Trinajstić information content (AvgIpc) is 3.63.